The summed E-state index contributed by atoms with van der Waals surface area (Å²) >= 11 is 0. The van der Waals surface area contributed by atoms with E-state index in [1.165, 1.54) is 31.2 Å². The summed E-state index contributed by atoms with van der Waals surface area (Å²) in [6.07, 6.45) is 9.02. The van der Waals surface area contributed by atoms with Crippen molar-refractivity contribution in [3.05, 3.63) is 81.4 Å². The number of H-pyrrole nitrogens is 1. The van der Waals surface area contributed by atoms with Gasteiger partial charge in [-0.25, -0.2) is 0 Å². The molecule has 2 aromatic heterocycles. The van der Waals surface area contributed by atoms with Gasteiger partial charge in [-0.2, -0.15) is 0 Å². The normalized spacial score (nSPS) is 12.6. The number of carbonyl (C=O) groups is 1. The van der Waals surface area contributed by atoms with Crippen molar-refractivity contribution in [2.75, 3.05) is 7.05 Å². The molecule has 1 aromatic carbocycles. The maximum Gasteiger partial charge on any atom is 0.275 e. The summed E-state index contributed by atoms with van der Waals surface area (Å²) in [4.78, 5) is 26.8. The second kappa shape index (κ2) is 9.61. The van der Waals surface area contributed by atoms with Crippen molar-refractivity contribution < 1.29 is 6.22 Å². The van der Waals surface area contributed by atoms with Crippen LogP contribution >= 0.6 is 0 Å². The number of aryl methyl sites for hydroxylation is 4. The third-order valence-electron chi connectivity index (χ3n) is 5.54. The van der Waals surface area contributed by atoms with Crippen molar-refractivity contribution in [1.29, 1.82) is 0 Å². The van der Waals surface area contributed by atoms with Crippen LogP contribution in [0, 0.1) is 13.8 Å². The fourth-order valence-electron chi connectivity index (χ4n) is 4.01. The molecule has 1 amide bonds. The zero-order chi connectivity index (χ0) is 21.7. The first-order valence-corrected chi connectivity index (χ1v) is 10.5. The van der Waals surface area contributed by atoms with E-state index in [1.54, 1.807) is 35.0 Å². The molecule has 160 valence electrons. The maximum absolute atomic E-state index is 12.2. The standard InChI is InChI=1S/C14H17N3O2.C11H14.H2/c1-4-5-17-8-10(7-12(18)15-3)11-6-9(2)16-13(11)14(17)19;1-9-6-7-10-4-2-3-5-11(10)8-9;/h4,6,8,16H,1,5,7H2,2-3H3,(H,15,18);6-8H,2-5H2,1H3;1H. The Morgan fingerprint density at radius 2 is 1.97 bits per heavy atom. The molecule has 0 unspecified atom stereocenters. The Morgan fingerprint density at radius 1 is 1.23 bits per heavy atom. The molecule has 0 saturated carbocycles. The molecule has 1 aliphatic carbocycles. The average molecular weight is 408 g/mol. The monoisotopic (exact) mass is 407 g/mol. The first-order chi connectivity index (χ1) is 14.4. The van der Waals surface area contributed by atoms with Gasteiger partial charge in [-0.05, 0) is 62.3 Å². The van der Waals surface area contributed by atoms with Gasteiger partial charge in [0.05, 0.1) is 6.42 Å². The molecule has 1 aliphatic rings. The van der Waals surface area contributed by atoms with Gasteiger partial charge in [-0.1, -0.05) is 29.8 Å². The number of rotatable bonds is 4. The van der Waals surface area contributed by atoms with E-state index in [1.807, 2.05) is 13.0 Å². The Morgan fingerprint density at radius 3 is 2.67 bits per heavy atom. The van der Waals surface area contributed by atoms with E-state index < -0.39 is 0 Å². The number of pyridine rings is 1. The van der Waals surface area contributed by atoms with Crippen LogP contribution in [-0.4, -0.2) is 22.5 Å². The van der Waals surface area contributed by atoms with Crippen molar-refractivity contribution in [2.45, 2.75) is 52.5 Å². The van der Waals surface area contributed by atoms with Crippen molar-refractivity contribution in [1.82, 2.24) is 14.9 Å². The number of aromatic amines is 1. The van der Waals surface area contributed by atoms with Crippen molar-refractivity contribution in [3.8, 4) is 0 Å². The summed E-state index contributed by atoms with van der Waals surface area (Å²) < 4.78 is 1.56. The summed E-state index contributed by atoms with van der Waals surface area (Å²) in [6.45, 7) is 8.13. The molecule has 0 aliphatic heterocycles. The Kier molecular flexibility index (Phi) is 6.93. The quantitative estimate of drug-likeness (QED) is 0.636. The number of hydrogen-bond acceptors (Lipinski definition) is 2. The molecule has 5 nitrogen and oxygen atoms in total. The minimum atomic E-state index is -0.0938. The molecule has 5 heteroatoms. The number of carbonyl (C=O) groups excluding carboxylic acids is 1. The number of fused-ring (bicyclic) bond motifs is 2. The summed E-state index contributed by atoms with van der Waals surface area (Å²) in [6, 6.07) is 8.76. The Labute approximate surface area is 179 Å². The van der Waals surface area contributed by atoms with Gasteiger partial charge in [0.1, 0.15) is 5.52 Å². The van der Waals surface area contributed by atoms with Crippen LogP contribution < -0.4 is 10.9 Å². The van der Waals surface area contributed by atoms with Gasteiger partial charge in [0.25, 0.3) is 5.56 Å². The van der Waals surface area contributed by atoms with E-state index in [0.29, 0.717) is 12.1 Å². The summed E-state index contributed by atoms with van der Waals surface area (Å²) in [5.74, 6) is -0.0797. The van der Waals surface area contributed by atoms with Gasteiger partial charge < -0.3 is 14.9 Å². The molecule has 4 rings (SSSR count). The minimum absolute atomic E-state index is 0. The summed E-state index contributed by atoms with van der Waals surface area (Å²) in [5, 5.41) is 3.41. The maximum atomic E-state index is 12.2. The summed E-state index contributed by atoms with van der Waals surface area (Å²) in [5.41, 5.74) is 6.77. The molecule has 3 aromatic rings. The van der Waals surface area contributed by atoms with Gasteiger partial charge in [0.2, 0.25) is 5.91 Å². The van der Waals surface area contributed by atoms with Crippen molar-refractivity contribution in [3.63, 3.8) is 0 Å². The Balaban J connectivity index is 0.000000242. The largest absolute Gasteiger partial charge is 0.359 e. The molecular formula is C25H33N3O2. The first-order valence-electron chi connectivity index (χ1n) is 10.5. The predicted octanol–water partition coefficient (Wildman–Crippen LogP) is 4.23. The van der Waals surface area contributed by atoms with Crippen LogP contribution in [0.2, 0.25) is 0 Å². The number of likely N-dealkylation sites (N-methyl/N-ethyl adjacent to an activating group) is 1. The second-order valence-corrected chi connectivity index (χ2v) is 7.97. The zero-order valence-corrected chi connectivity index (χ0v) is 18.2. The van der Waals surface area contributed by atoms with Crippen LogP contribution in [0.15, 0.2) is 47.9 Å². The highest BCUT2D eigenvalue weighted by Crippen LogP contribution is 2.21. The smallest absolute Gasteiger partial charge is 0.275 e. The number of nitrogens with one attached hydrogen (secondary N) is 2. The van der Waals surface area contributed by atoms with Crippen LogP contribution in [0.1, 0.15) is 42.2 Å². The lowest BCUT2D eigenvalue weighted by Gasteiger charge is -2.15. The van der Waals surface area contributed by atoms with Gasteiger partial charge in [0, 0.05) is 32.3 Å². The van der Waals surface area contributed by atoms with E-state index in [4.69, 9.17) is 0 Å². The van der Waals surface area contributed by atoms with E-state index in [2.05, 4.69) is 42.0 Å². The number of aromatic nitrogens is 2. The fourth-order valence-corrected chi connectivity index (χ4v) is 4.01. The second-order valence-electron chi connectivity index (χ2n) is 7.97. The van der Waals surface area contributed by atoms with Crippen LogP contribution in [0.3, 0.4) is 0 Å². The molecule has 2 heterocycles. The Bertz CT molecular complexity index is 1130. The van der Waals surface area contributed by atoms with E-state index in [0.717, 1.165) is 16.6 Å². The molecule has 0 saturated heterocycles. The first kappa shape index (κ1) is 21.6. The molecule has 30 heavy (non-hydrogen) atoms. The number of allylic oxidation sites excluding steroid dienone is 1. The van der Waals surface area contributed by atoms with Crippen LogP contribution in [0.5, 0.6) is 0 Å². The SMILES string of the molecule is C=CCn1cc(CC(=O)NC)c2cc(C)[nH]c2c1=O.Cc1ccc2c(c1)CCCC2.[HH]. The lowest BCUT2D eigenvalue weighted by atomic mass is 9.91. The van der Waals surface area contributed by atoms with Gasteiger partial charge in [0.15, 0.2) is 0 Å². The molecule has 0 fully saturated rings. The lowest BCUT2D eigenvalue weighted by molar-refractivity contribution is -0.119. The molecule has 0 atom stereocenters. The molecule has 0 spiro atoms. The minimum Gasteiger partial charge on any atom is -0.359 e. The Hall–Kier alpha value is -3.08. The predicted molar refractivity (Wildman–Crippen MR) is 125 cm³/mol. The molecule has 2 N–H and O–H groups in total. The molecule has 0 radical (unpaired) electrons. The van der Waals surface area contributed by atoms with Crippen molar-refractivity contribution in [2.24, 2.45) is 0 Å². The summed E-state index contributed by atoms with van der Waals surface area (Å²) in [7, 11) is 1.60. The molecular weight excluding hydrogens is 374 g/mol. The lowest BCUT2D eigenvalue weighted by Crippen LogP contribution is -2.24. The van der Waals surface area contributed by atoms with Gasteiger partial charge in [-0.15, -0.1) is 6.58 Å². The topological polar surface area (TPSA) is 66.9 Å². The van der Waals surface area contributed by atoms with Gasteiger partial charge in [-0.3, -0.25) is 9.59 Å². The third kappa shape index (κ3) is 4.90. The fraction of sp³-hybridized carbons (Fsp3) is 0.360. The highest BCUT2D eigenvalue weighted by atomic mass is 16.1. The number of benzene rings is 1. The highest BCUT2D eigenvalue weighted by molar-refractivity contribution is 5.88. The van der Waals surface area contributed by atoms with E-state index in [-0.39, 0.29) is 19.3 Å². The highest BCUT2D eigenvalue weighted by Gasteiger charge is 2.13. The van der Waals surface area contributed by atoms with Crippen molar-refractivity contribution >= 4 is 16.8 Å². The van der Waals surface area contributed by atoms with Crippen LogP contribution in [0.4, 0.5) is 0 Å². The van der Waals surface area contributed by atoms with Gasteiger partial charge >= 0.3 is 0 Å². The molecule has 0 bridgehead atoms. The average Bonchev–Trinajstić information content (AvgIpc) is 3.14. The van der Waals surface area contributed by atoms with E-state index in [9.17, 15) is 9.59 Å². The van der Waals surface area contributed by atoms with Crippen LogP contribution in [-0.2, 0) is 30.6 Å². The van der Waals surface area contributed by atoms with E-state index >= 15 is 0 Å². The number of hydrogen-bond donors (Lipinski definition) is 2. The number of amides is 1. The third-order valence-corrected chi connectivity index (χ3v) is 5.54. The number of nitrogens with zero attached hydrogens (tertiary/aromatic N) is 1. The zero-order valence-electron chi connectivity index (χ0n) is 18.2. The van der Waals surface area contributed by atoms with Crippen LogP contribution in [0.25, 0.3) is 10.9 Å².